The predicted molar refractivity (Wildman–Crippen MR) is 64.7 cm³/mol. The van der Waals surface area contributed by atoms with E-state index in [0.717, 1.165) is 25.0 Å². The van der Waals surface area contributed by atoms with E-state index in [2.05, 4.69) is 39.0 Å². The molecule has 0 heterocycles. The maximum absolute atomic E-state index is 10.1. The van der Waals surface area contributed by atoms with Crippen LogP contribution in [0.4, 0.5) is 0 Å². The lowest BCUT2D eigenvalue weighted by Crippen LogP contribution is -2.19. The van der Waals surface area contributed by atoms with Crippen molar-refractivity contribution in [2.24, 2.45) is 11.3 Å². The molecule has 15 heavy (non-hydrogen) atoms. The Morgan fingerprint density at radius 2 is 2.13 bits per heavy atom. The molecule has 1 aliphatic carbocycles. The van der Waals surface area contributed by atoms with E-state index in [1.54, 1.807) is 0 Å². The van der Waals surface area contributed by atoms with Crippen LogP contribution in [-0.2, 0) is 4.79 Å². The fourth-order valence-corrected chi connectivity index (χ4v) is 2.13. The number of hydrogen-bond donors (Lipinski definition) is 0. The molecule has 0 saturated carbocycles. The highest BCUT2D eigenvalue weighted by molar-refractivity contribution is 5.49. The summed E-state index contributed by atoms with van der Waals surface area (Å²) < 4.78 is 0. The minimum absolute atomic E-state index is 0.356. The minimum atomic E-state index is 0.356. The molecule has 0 aromatic rings. The van der Waals surface area contributed by atoms with Crippen LogP contribution in [0, 0.1) is 11.3 Å². The lowest BCUT2D eigenvalue weighted by atomic mass is 9.76. The summed E-state index contributed by atoms with van der Waals surface area (Å²) in [6.07, 6.45) is 11.6. The van der Waals surface area contributed by atoms with Gasteiger partial charge in [0.05, 0.1) is 0 Å². The first kappa shape index (κ1) is 12.2. The van der Waals surface area contributed by atoms with Crippen molar-refractivity contribution in [1.29, 1.82) is 0 Å². The van der Waals surface area contributed by atoms with Gasteiger partial charge in [-0.25, -0.2) is 0 Å². The SMILES string of the molecule is CC1=CCC(C/C=C/CCC=O)C1(C)C. The zero-order chi connectivity index (χ0) is 11.3. The van der Waals surface area contributed by atoms with Gasteiger partial charge in [0.15, 0.2) is 0 Å². The molecular weight excluding hydrogens is 184 g/mol. The maximum atomic E-state index is 10.1. The molecule has 0 aromatic heterocycles. The first-order valence-electron chi connectivity index (χ1n) is 5.85. The average molecular weight is 206 g/mol. The highest BCUT2D eigenvalue weighted by atomic mass is 16.1. The van der Waals surface area contributed by atoms with Gasteiger partial charge in [-0.05, 0) is 37.5 Å². The summed E-state index contributed by atoms with van der Waals surface area (Å²) in [6, 6.07) is 0. The minimum Gasteiger partial charge on any atom is -0.303 e. The standard InChI is InChI=1S/C14H22O/c1-12-9-10-13(14(12,2)3)8-6-4-5-7-11-15/h4,6,9,11,13H,5,7-8,10H2,1-3H3/b6-4+. The molecule has 1 atom stereocenters. The van der Waals surface area contributed by atoms with Gasteiger partial charge < -0.3 is 4.79 Å². The van der Waals surface area contributed by atoms with E-state index in [4.69, 9.17) is 0 Å². The van der Waals surface area contributed by atoms with Crippen LogP contribution >= 0.6 is 0 Å². The number of aldehydes is 1. The molecule has 1 nitrogen and oxygen atoms in total. The third-order valence-electron chi connectivity index (χ3n) is 3.78. The van der Waals surface area contributed by atoms with Gasteiger partial charge >= 0.3 is 0 Å². The van der Waals surface area contributed by atoms with Crippen molar-refractivity contribution in [3.8, 4) is 0 Å². The first-order chi connectivity index (χ1) is 7.09. The normalized spacial score (nSPS) is 24.5. The fourth-order valence-electron chi connectivity index (χ4n) is 2.13. The second kappa shape index (κ2) is 5.29. The molecule has 1 heteroatoms. The fraction of sp³-hybridized carbons (Fsp3) is 0.643. The van der Waals surface area contributed by atoms with Crippen molar-refractivity contribution in [1.82, 2.24) is 0 Å². The number of carbonyl (C=O) groups excluding carboxylic acids is 1. The van der Waals surface area contributed by atoms with Crippen molar-refractivity contribution < 1.29 is 4.79 Å². The Labute approximate surface area is 93.3 Å². The lowest BCUT2D eigenvalue weighted by Gasteiger charge is -2.28. The molecule has 0 fully saturated rings. The summed E-state index contributed by atoms with van der Waals surface area (Å²) in [4.78, 5) is 10.1. The van der Waals surface area contributed by atoms with E-state index < -0.39 is 0 Å². The summed E-state index contributed by atoms with van der Waals surface area (Å²) in [5.74, 6) is 0.741. The van der Waals surface area contributed by atoms with Crippen LogP contribution in [0.2, 0.25) is 0 Å². The molecule has 1 rings (SSSR count). The van der Waals surface area contributed by atoms with Gasteiger partial charge in [0.25, 0.3) is 0 Å². The molecule has 0 aliphatic heterocycles. The second-order valence-corrected chi connectivity index (χ2v) is 4.99. The Morgan fingerprint density at radius 1 is 1.40 bits per heavy atom. The predicted octanol–water partition coefficient (Wildman–Crippen LogP) is 3.90. The summed E-state index contributed by atoms with van der Waals surface area (Å²) in [6.45, 7) is 6.89. The molecule has 0 saturated heterocycles. The van der Waals surface area contributed by atoms with E-state index in [1.165, 1.54) is 12.0 Å². The largest absolute Gasteiger partial charge is 0.303 e. The molecule has 84 valence electrons. The van der Waals surface area contributed by atoms with E-state index in [0.29, 0.717) is 11.8 Å². The van der Waals surface area contributed by atoms with Crippen LogP contribution < -0.4 is 0 Å². The molecule has 0 N–H and O–H groups in total. The molecule has 0 bridgehead atoms. The van der Waals surface area contributed by atoms with Crippen LogP contribution in [0.1, 0.15) is 46.5 Å². The third-order valence-corrected chi connectivity index (χ3v) is 3.78. The summed E-state index contributed by atoms with van der Waals surface area (Å²) in [5, 5.41) is 0. The van der Waals surface area contributed by atoms with E-state index in [1.807, 2.05) is 0 Å². The Kier molecular flexibility index (Phi) is 4.31. The lowest BCUT2D eigenvalue weighted by molar-refractivity contribution is -0.107. The molecule has 0 amide bonds. The second-order valence-electron chi connectivity index (χ2n) is 4.99. The number of hydrogen-bond acceptors (Lipinski definition) is 1. The molecule has 0 aromatic carbocycles. The van der Waals surface area contributed by atoms with Gasteiger partial charge in [0, 0.05) is 6.42 Å². The number of carbonyl (C=O) groups is 1. The van der Waals surface area contributed by atoms with Crippen LogP contribution in [0.3, 0.4) is 0 Å². The molecule has 0 spiro atoms. The topological polar surface area (TPSA) is 17.1 Å². The van der Waals surface area contributed by atoms with Crippen LogP contribution in [0.5, 0.6) is 0 Å². The van der Waals surface area contributed by atoms with Gasteiger partial charge in [-0.3, -0.25) is 0 Å². The third kappa shape index (κ3) is 3.05. The summed E-state index contributed by atoms with van der Waals surface area (Å²) in [5.41, 5.74) is 1.88. The van der Waals surface area contributed by atoms with Gasteiger partial charge in [0.1, 0.15) is 6.29 Å². The Hall–Kier alpha value is -0.850. The van der Waals surface area contributed by atoms with E-state index >= 15 is 0 Å². The number of allylic oxidation sites excluding steroid dienone is 4. The van der Waals surface area contributed by atoms with E-state index in [9.17, 15) is 4.79 Å². The highest BCUT2D eigenvalue weighted by Crippen LogP contribution is 2.44. The zero-order valence-corrected chi connectivity index (χ0v) is 10.1. The molecule has 1 unspecified atom stereocenters. The Balaban J connectivity index is 2.35. The average Bonchev–Trinajstić information content (AvgIpc) is 2.44. The molecule has 1 aliphatic rings. The van der Waals surface area contributed by atoms with Crippen molar-refractivity contribution in [3.63, 3.8) is 0 Å². The van der Waals surface area contributed by atoms with Crippen molar-refractivity contribution >= 4 is 6.29 Å². The van der Waals surface area contributed by atoms with Gasteiger partial charge in [-0.2, -0.15) is 0 Å². The highest BCUT2D eigenvalue weighted by Gasteiger charge is 2.33. The van der Waals surface area contributed by atoms with Gasteiger partial charge in [0.2, 0.25) is 0 Å². The number of unbranched alkanes of at least 4 members (excludes halogenated alkanes) is 1. The Bertz CT molecular complexity index is 271. The van der Waals surface area contributed by atoms with Gasteiger partial charge in [-0.1, -0.05) is 37.6 Å². The quantitative estimate of drug-likeness (QED) is 0.379. The monoisotopic (exact) mass is 206 g/mol. The summed E-state index contributed by atoms with van der Waals surface area (Å²) >= 11 is 0. The first-order valence-corrected chi connectivity index (χ1v) is 5.85. The van der Waals surface area contributed by atoms with Crippen molar-refractivity contribution in [2.45, 2.75) is 46.5 Å². The van der Waals surface area contributed by atoms with Gasteiger partial charge in [-0.15, -0.1) is 0 Å². The number of rotatable bonds is 5. The van der Waals surface area contributed by atoms with Crippen LogP contribution in [-0.4, -0.2) is 6.29 Å². The molecular formula is C14H22O. The van der Waals surface area contributed by atoms with Crippen molar-refractivity contribution in [2.75, 3.05) is 0 Å². The maximum Gasteiger partial charge on any atom is 0.120 e. The van der Waals surface area contributed by atoms with Crippen molar-refractivity contribution in [3.05, 3.63) is 23.8 Å². The Morgan fingerprint density at radius 3 is 2.67 bits per heavy atom. The van der Waals surface area contributed by atoms with Crippen LogP contribution in [0.25, 0.3) is 0 Å². The smallest absolute Gasteiger partial charge is 0.120 e. The summed E-state index contributed by atoms with van der Waals surface area (Å²) in [7, 11) is 0. The van der Waals surface area contributed by atoms with Crippen LogP contribution in [0.15, 0.2) is 23.8 Å². The van der Waals surface area contributed by atoms with E-state index in [-0.39, 0.29) is 0 Å². The molecule has 0 radical (unpaired) electrons. The zero-order valence-electron chi connectivity index (χ0n) is 10.1.